The van der Waals surface area contributed by atoms with Crippen molar-refractivity contribution in [2.45, 2.75) is 6.92 Å². The molecular weight excluding hydrogens is 419 g/mol. The molecule has 0 aliphatic heterocycles. The first-order valence-electron chi connectivity index (χ1n) is 9.28. The zero-order valence-electron chi connectivity index (χ0n) is 16.4. The Bertz CT molecular complexity index is 1240. The topological polar surface area (TPSA) is 93.2 Å². The fourth-order valence-corrected chi connectivity index (χ4v) is 3.88. The lowest BCUT2D eigenvalue weighted by Crippen LogP contribution is -2.20. The summed E-state index contributed by atoms with van der Waals surface area (Å²) in [4.78, 5) is 32.5. The van der Waals surface area contributed by atoms with Gasteiger partial charge in [0.05, 0.1) is 5.39 Å². The average Bonchev–Trinajstić information content (AvgIpc) is 3.19. The lowest BCUT2D eigenvalue weighted by molar-refractivity contribution is -0.118. The number of carbonyl (C=O) groups is 2. The van der Waals surface area contributed by atoms with Gasteiger partial charge in [0.2, 0.25) is 11.8 Å². The molecule has 0 aliphatic carbocycles. The van der Waals surface area contributed by atoms with Gasteiger partial charge in [-0.2, -0.15) is 0 Å². The fraction of sp³-hybridized carbons (Fsp3) is 0.0909. The number of nitrogens with zero attached hydrogens (tertiary/aromatic N) is 2. The second-order valence-corrected chi connectivity index (χ2v) is 7.47. The van der Waals surface area contributed by atoms with E-state index in [0.717, 1.165) is 11.1 Å². The first-order valence-corrected chi connectivity index (χ1v) is 10.2. The molecule has 4 aromatic rings. The molecule has 4 rings (SSSR count). The van der Waals surface area contributed by atoms with Crippen molar-refractivity contribution in [1.82, 2.24) is 9.97 Å². The Labute approximate surface area is 180 Å². The van der Waals surface area contributed by atoms with Crippen LogP contribution in [0.3, 0.4) is 0 Å². The fourth-order valence-electron chi connectivity index (χ4n) is 2.97. The van der Waals surface area contributed by atoms with E-state index < -0.39 is 0 Å². The third kappa shape index (κ3) is 4.84. The highest BCUT2D eigenvalue weighted by Gasteiger charge is 2.15. The van der Waals surface area contributed by atoms with Gasteiger partial charge in [-0.25, -0.2) is 14.4 Å². The molecule has 9 heteroatoms. The van der Waals surface area contributed by atoms with Gasteiger partial charge in [-0.05, 0) is 42.0 Å². The molecule has 0 spiro atoms. The summed E-state index contributed by atoms with van der Waals surface area (Å²) in [6.45, 7) is 1.17. The average molecular weight is 436 g/mol. The summed E-state index contributed by atoms with van der Waals surface area (Å²) in [5.74, 6) is -0.577. The summed E-state index contributed by atoms with van der Waals surface area (Å²) in [7, 11) is 0. The van der Waals surface area contributed by atoms with Crippen LogP contribution in [0.1, 0.15) is 6.92 Å². The first kappa shape index (κ1) is 20.4. The van der Waals surface area contributed by atoms with E-state index in [1.54, 1.807) is 36.4 Å². The van der Waals surface area contributed by atoms with Gasteiger partial charge < -0.3 is 15.4 Å². The Balaban J connectivity index is 1.47. The van der Waals surface area contributed by atoms with Crippen LogP contribution in [-0.2, 0) is 9.59 Å². The van der Waals surface area contributed by atoms with E-state index in [4.69, 9.17) is 4.74 Å². The summed E-state index contributed by atoms with van der Waals surface area (Å²) in [5.41, 5.74) is 2.81. The van der Waals surface area contributed by atoms with Crippen molar-refractivity contribution in [2.24, 2.45) is 0 Å². The highest BCUT2D eigenvalue weighted by Crippen LogP contribution is 2.37. The van der Waals surface area contributed by atoms with Gasteiger partial charge in [-0.15, -0.1) is 11.3 Å². The molecule has 156 valence electrons. The molecule has 2 aromatic heterocycles. The van der Waals surface area contributed by atoms with Crippen LogP contribution in [0.15, 0.2) is 60.2 Å². The van der Waals surface area contributed by atoms with Crippen LogP contribution in [0.4, 0.5) is 15.8 Å². The minimum atomic E-state index is -0.363. The highest BCUT2D eigenvalue weighted by molar-refractivity contribution is 7.17. The van der Waals surface area contributed by atoms with E-state index in [9.17, 15) is 14.0 Å². The van der Waals surface area contributed by atoms with Crippen molar-refractivity contribution < 1.29 is 18.7 Å². The summed E-state index contributed by atoms with van der Waals surface area (Å²) < 4.78 is 19.0. The van der Waals surface area contributed by atoms with E-state index in [0.29, 0.717) is 21.6 Å². The third-order valence-corrected chi connectivity index (χ3v) is 5.21. The molecule has 2 heterocycles. The molecule has 0 atom stereocenters. The van der Waals surface area contributed by atoms with Crippen molar-refractivity contribution in [1.29, 1.82) is 0 Å². The van der Waals surface area contributed by atoms with Crippen LogP contribution in [0.5, 0.6) is 5.88 Å². The number of ether oxygens (including phenoxy) is 1. The van der Waals surface area contributed by atoms with Crippen LogP contribution in [0, 0.1) is 5.82 Å². The lowest BCUT2D eigenvalue weighted by atomic mass is 10.1. The highest BCUT2D eigenvalue weighted by atomic mass is 32.1. The SMILES string of the molecule is CC(=O)Nc1ccc(NC(=O)COc2ncnc3scc(-c4ccc(F)cc4)c23)cc1. The van der Waals surface area contributed by atoms with Crippen molar-refractivity contribution in [2.75, 3.05) is 17.2 Å². The summed E-state index contributed by atoms with van der Waals surface area (Å²) >= 11 is 1.41. The Morgan fingerprint density at radius 2 is 1.68 bits per heavy atom. The summed E-state index contributed by atoms with van der Waals surface area (Å²) in [6.07, 6.45) is 1.38. The number of halogens is 1. The van der Waals surface area contributed by atoms with Crippen LogP contribution in [0.2, 0.25) is 0 Å². The van der Waals surface area contributed by atoms with E-state index in [1.165, 1.54) is 36.7 Å². The number of benzene rings is 2. The van der Waals surface area contributed by atoms with E-state index >= 15 is 0 Å². The zero-order valence-corrected chi connectivity index (χ0v) is 17.2. The first-order chi connectivity index (χ1) is 15.0. The third-order valence-electron chi connectivity index (χ3n) is 4.32. The lowest BCUT2D eigenvalue weighted by Gasteiger charge is -2.09. The Kier molecular flexibility index (Phi) is 5.85. The molecule has 2 N–H and O–H groups in total. The molecule has 2 amide bonds. The minimum Gasteiger partial charge on any atom is -0.467 e. The molecule has 31 heavy (non-hydrogen) atoms. The maximum absolute atomic E-state index is 13.3. The number of thiophene rings is 1. The monoisotopic (exact) mass is 436 g/mol. The zero-order chi connectivity index (χ0) is 21.8. The Morgan fingerprint density at radius 1 is 1.00 bits per heavy atom. The molecule has 0 radical (unpaired) electrons. The van der Waals surface area contributed by atoms with E-state index in [1.807, 2.05) is 5.38 Å². The number of amides is 2. The van der Waals surface area contributed by atoms with Crippen LogP contribution >= 0.6 is 11.3 Å². The normalized spacial score (nSPS) is 10.6. The van der Waals surface area contributed by atoms with Crippen LogP contribution < -0.4 is 15.4 Å². The Hall–Kier alpha value is -3.85. The Morgan fingerprint density at radius 3 is 2.35 bits per heavy atom. The quantitative estimate of drug-likeness (QED) is 0.465. The number of hydrogen-bond acceptors (Lipinski definition) is 6. The van der Waals surface area contributed by atoms with Crippen molar-refractivity contribution in [3.05, 3.63) is 66.1 Å². The van der Waals surface area contributed by atoms with Gasteiger partial charge in [-0.3, -0.25) is 9.59 Å². The van der Waals surface area contributed by atoms with Gasteiger partial charge in [0.1, 0.15) is 17.0 Å². The predicted octanol–water partition coefficient (Wildman–Crippen LogP) is 4.47. The van der Waals surface area contributed by atoms with Gasteiger partial charge >= 0.3 is 0 Å². The van der Waals surface area contributed by atoms with Crippen molar-refractivity contribution >= 4 is 44.7 Å². The second kappa shape index (κ2) is 8.88. The molecule has 0 saturated heterocycles. The molecule has 0 aliphatic rings. The van der Waals surface area contributed by atoms with Gasteiger partial charge in [0, 0.05) is 29.2 Å². The van der Waals surface area contributed by atoms with Crippen molar-refractivity contribution in [3.63, 3.8) is 0 Å². The number of rotatable bonds is 6. The molecule has 2 aromatic carbocycles. The second-order valence-electron chi connectivity index (χ2n) is 6.61. The summed E-state index contributed by atoms with van der Waals surface area (Å²) in [6, 6.07) is 12.8. The predicted molar refractivity (Wildman–Crippen MR) is 118 cm³/mol. The standard InChI is InChI=1S/C22H17FN4O3S/c1-13(28)26-16-6-8-17(9-7-16)27-19(29)10-30-21-20-18(11-31-22(20)25-12-24-21)14-2-4-15(23)5-3-14/h2-9,11-12H,10H2,1H3,(H,26,28)(H,27,29). The number of anilines is 2. The molecule has 7 nitrogen and oxygen atoms in total. The number of aromatic nitrogens is 2. The number of hydrogen-bond donors (Lipinski definition) is 2. The van der Waals surface area contributed by atoms with Crippen LogP contribution in [0.25, 0.3) is 21.3 Å². The minimum absolute atomic E-state index is 0.171. The van der Waals surface area contributed by atoms with E-state index in [2.05, 4.69) is 20.6 Å². The number of fused-ring (bicyclic) bond motifs is 1. The maximum atomic E-state index is 13.3. The largest absolute Gasteiger partial charge is 0.467 e. The molecule has 0 fully saturated rings. The number of nitrogens with one attached hydrogen (secondary N) is 2. The van der Waals surface area contributed by atoms with Gasteiger partial charge in [-0.1, -0.05) is 12.1 Å². The molecule has 0 saturated carbocycles. The van der Waals surface area contributed by atoms with Crippen LogP contribution in [-0.4, -0.2) is 28.4 Å². The van der Waals surface area contributed by atoms with Crippen molar-refractivity contribution in [3.8, 4) is 17.0 Å². The smallest absolute Gasteiger partial charge is 0.262 e. The molecular formula is C22H17FN4O3S. The van der Waals surface area contributed by atoms with E-state index in [-0.39, 0.29) is 30.1 Å². The molecule has 0 unspecified atom stereocenters. The maximum Gasteiger partial charge on any atom is 0.262 e. The molecule has 0 bridgehead atoms. The summed E-state index contributed by atoms with van der Waals surface area (Å²) in [5, 5.41) is 7.96. The number of carbonyl (C=O) groups excluding carboxylic acids is 2. The van der Waals surface area contributed by atoms with Gasteiger partial charge in [0.15, 0.2) is 6.61 Å². The van der Waals surface area contributed by atoms with Gasteiger partial charge in [0.25, 0.3) is 5.91 Å².